The van der Waals surface area contributed by atoms with Crippen molar-refractivity contribution in [1.82, 2.24) is 9.80 Å². The van der Waals surface area contributed by atoms with E-state index >= 15 is 0 Å². The molecule has 25 heavy (non-hydrogen) atoms. The SMILES string of the molecule is CCN(CC)C1CCOC2(CCN(C(=O)c3cccc(F)c3)CC2)C1. The molecule has 138 valence electrons. The van der Waals surface area contributed by atoms with E-state index in [4.69, 9.17) is 4.74 Å². The van der Waals surface area contributed by atoms with Crippen molar-refractivity contribution in [3.63, 3.8) is 0 Å². The van der Waals surface area contributed by atoms with Crippen molar-refractivity contribution in [3.05, 3.63) is 35.6 Å². The molecule has 3 rings (SSSR count). The number of hydrogen-bond donors (Lipinski definition) is 0. The lowest BCUT2D eigenvalue weighted by atomic mass is 9.81. The van der Waals surface area contributed by atoms with Crippen molar-refractivity contribution in [2.75, 3.05) is 32.8 Å². The standard InChI is InChI=1S/C20H29FN2O2/c1-3-22(4-2)18-8-13-25-20(15-18)9-11-23(12-10-20)19(24)16-6-5-7-17(21)14-16/h5-7,14,18H,3-4,8-13,15H2,1-2H3. The summed E-state index contributed by atoms with van der Waals surface area (Å²) in [7, 11) is 0. The van der Waals surface area contributed by atoms with Crippen LogP contribution in [-0.2, 0) is 4.74 Å². The summed E-state index contributed by atoms with van der Waals surface area (Å²) in [4.78, 5) is 17.0. The summed E-state index contributed by atoms with van der Waals surface area (Å²) in [5.41, 5.74) is 0.339. The molecule has 2 aliphatic rings. The Balaban J connectivity index is 1.62. The van der Waals surface area contributed by atoms with Crippen molar-refractivity contribution in [3.8, 4) is 0 Å². The number of amides is 1. The first-order valence-electron chi connectivity index (χ1n) is 9.50. The fraction of sp³-hybridized carbons (Fsp3) is 0.650. The Morgan fingerprint density at radius 2 is 2.04 bits per heavy atom. The Morgan fingerprint density at radius 3 is 2.68 bits per heavy atom. The zero-order valence-corrected chi connectivity index (χ0v) is 15.3. The number of nitrogens with zero attached hydrogens (tertiary/aromatic N) is 2. The molecule has 0 N–H and O–H groups in total. The van der Waals surface area contributed by atoms with Crippen LogP contribution in [0.2, 0.25) is 0 Å². The van der Waals surface area contributed by atoms with Gasteiger partial charge in [0.15, 0.2) is 0 Å². The third-order valence-electron chi connectivity index (χ3n) is 5.83. The smallest absolute Gasteiger partial charge is 0.253 e. The second kappa shape index (κ2) is 7.83. The molecule has 2 fully saturated rings. The van der Waals surface area contributed by atoms with E-state index in [-0.39, 0.29) is 17.3 Å². The molecular weight excluding hydrogens is 319 g/mol. The third-order valence-corrected chi connectivity index (χ3v) is 5.83. The highest BCUT2D eigenvalue weighted by molar-refractivity contribution is 5.94. The van der Waals surface area contributed by atoms with Gasteiger partial charge in [-0.05, 0) is 57.0 Å². The number of rotatable bonds is 4. The topological polar surface area (TPSA) is 32.8 Å². The highest BCUT2D eigenvalue weighted by Crippen LogP contribution is 2.37. The Bertz CT molecular complexity index is 595. The molecule has 1 spiro atoms. The van der Waals surface area contributed by atoms with E-state index in [1.165, 1.54) is 12.1 Å². The number of benzene rings is 1. The van der Waals surface area contributed by atoms with Gasteiger partial charge < -0.3 is 14.5 Å². The molecule has 1 amide bonds. The molecule has 1 aromatic carbocycles. The quantitative estimate of drug-likeness (QED) is 0.837. The largest absolute Gasteiger partial charge is 0.375 e. The summed E-state index contributed by atoms with van der Waals surface area (Å²) in [6.07, 6.45) is 3.88. The number of ether oxygens (including phenoxy) is 1. The van der Waals surface area contributed by atoms with Gasteiger partial charge in [-0.2, -0.15) is 0 Å². The molecule has 2 saturated heterocycles. The maximum atomic E-state index is 13.4. The predicted molar refractivity (Wildman–Crippen MR) is 96.2 cm³/mol. The molecule has 0 radical (unpaired) electrons. The highest BCUT2D eigenvalue weighted by Gasteiger charge is 2.42. The fourth-order valence-electron chi connectivity index (χ4n) is 4.32. The maximum absolute atomic E-state index is 13.4. The molecule has 4 nitrogen and oxygen atoms in total. The van der Waals surface area contributed by atoms with Gasteiger partial charge >= 0.3 is 0 Å². The lowest BCUT2D eigenvalue weighted by Crippen LogP contribution is -2.54. The normalized spacial score (nSPS) is 23.2. The number of hydrogen-bond acceptors (Lipinski definition) is 3. The lowest BCUT2D eigenvalue weighted by molar-refractivity contribution is -0.129. The summed E-state index contributed by atoms with van der Waals surface area (Å²) in [5.74, 6) is -0.442. The van der Waals surface area contributed by atoms with Crippen molar-refractivity contribution >= 4 is 5.91 Å². The third kappa shape index (κ3) is 4.04. The summed E-state index contributed by atoms with van der Waals surface area (Å²) >= 11 is 0. The van der Waals surface area contributed by atoms with E-state index in [9.17, 15) is 9.18 Å². The average molecular weight is 348 g/mol. The Labute approximate surface area is 149 Å². The van der Waals surface area contributed by atoms with Crippen LogP contribution in [0.25, 0.3) is 0 Å². The highest BCUT2D eigenvalue weighted by atomic mass is 19.1. The predicted octanol–water partition coefficient (Wildman–Crippen LogP) is 3.32. The zero-order valence-electron chi connectivity index (χ0n) is 15.3. The van der Waals surface area contributed by atoms with Gasteiger partial charge in [0.1, 0.15) is 5.82 Å². The van der Waals surface area contributed by atoms with E-state index < -0.39 is 0 Å². The minimum atomic E-state index is -0.364. The summed E-state index contributed by atoms with van der Waals surface area (Å²) < 4.78 is 19.6. The molecule has 0 bridgehead atoms. The fourth-order valence-corrected chi connectivity index (χ4v) is 4.32. The molecule has 1 aromatic rings. The van der Waals surface area contributed by atoms with Crippen molar-refractivity contribution in [1.29, 1.82) is 0 Å². The van der Waals surface area contributed by atoms with E-state index in [1.54, 1.807) is 12.1 Å². The monoisotopic (exact) mass is 348 g/mol. The number of halogens is 1. The van der Waals surface area contributed by atoms with Crippen LogP contribution in [0.15, 0.2) is 24.3 Å². The first kappa shape index (κ1) is 18.3. The van der Waals surface area contributed by atoms with Gasteiger partial charge in [0.2, 0.25) is 0 Å². The first-order valence-corrected chi connectivity index (χ1v) is 9.50. The van der Waals surface area contributed by atoms with Crippen LogP contribution in [0.3, 0.4) is 0 Å². The van der Waals surface area contributed by atoms with Gasteiger partial charge in [0, 0.05) is 31.3 Å². The van der Waals surface area contributed by atoms with E-state index in [0.717, 1.165) is 45.4 Å². The van der Waals surface area contributed by atoms with Gasteiger partial charge in [-0.1, -0.05) is 19.9 Å². The van der Waals surface area contributed by atoms with Crippen molar-refractivity contribution in [2.45, 2.75) is 51.2 Å². The summed E-state index contributed by atoms with van der Waals surface area (Å²) in [5, 5.41) is 0. The van der Waals surface area contributed by atoms with Gasteiger partial charge in [-0.25, -0.2) is 4.39 Å². The number of carbonyl (C=O) groups is 1. The van der Waals surface area contributed by atoms with Crippen LogP contribution in [0.1, 0.15) is 49.9 Å². The van der Waals surface area contributed by atoms with Gasteiger partial charge in [0.25, 0.3) is 5.91 Å². The molecular formula is C20H29FN2O2. The van der Waals surface area contributed by atoms with Crippen LogP contribution in [-0.4, -0.2) is 60.1 Å². The minimum absolute atomic E-state index is 0.0783. The molecule has 1 atom stereocenters. The molecule has 0 saturated carbocycles. The van der Waals surface area contributed by atoms with Crippen molar-refractivity contribution < 1.29 is 13.9 Å². The second-order valence-electron chi connectivity index (χ2n) is 7.20. The van der Waals surface area contributed by atoms with E-state index in [1.807, 2.05) is 4.90 Å². The van der Waals surface area contributed by atoms with Crippen LogP contribution in [0.4, 0.5) is 4.39 Å². The summed E-state index contributed by atoms with van der Waals surface area (Å²) in [6.45, 7) is 8.74. The Morgan fingerprint density at radius 1 is 1.32 bits per heavy atom. The van der Waals surface area contributed by atoms with Gasteiger partial charge in [-0.3, -0.25) is 4.79 Å². The maximum Gasteiger partial charge on any atom is 0.253 e. The van der Waals surface area contributed by atoms with Crippen LogP contribution < -0.4 is 0 Å². The van der Waals surface area contributed by atoms with Crippen LogP contribution >= 0.6 is 0 Å². The zero-order chi connectivity index (χ0) is 17.9. The Hall–Kier alpha value is -1.46. The molecule has 2 aliphatic heterocycles. The number of likely N-dealkylation sites (tertiary alicyclic amines) is 1. The number of carbonyl (C=O) groups excluding carboxylic acids is 1. The Kier molecular flexibility index (Phi) is 5.74. The average Bonchev–Trinajstić information content (AvgIpc) is 2.63. The second-order valence-corrected chi connectivity index (χ2v) is 7.20. The van der Waals surface area contributed by atoms with E-state index in [0.29, 0.717) is 24.7 Å². The van der Waals surface area contributed by atoms with Gasteiger partial charge in [0.05, 0.1) is 5.60 Å². The molecule has 5 heteroatoms. The van der Waals surface area contributed by atoms with Crippen LogP contribution in [0.5, 0.6) is 0 Å². The van der Waals surface area contributed by atoms with Crippen LogP contribution in [0, 0.1) is 5.82 Å². The van der Waals surface area contributed by atoms with Gasteiger partial charge in [-0.15, -0.1) is 0 Å². The molecule has 0 aliphatic carbocycles. The molecule has 1 unspecified atom stereocenters. The molecule has 2 heterocycles. The lowest BCUT2D eigenvalue weighted by Gasteiger charge is -2.48. The van der Waals surface area contributed by atoms with E-state index in [2.05, 4.69) is 18.7 Å². The number of piperidine rings is 1. The minimum Gasteiger partial charge on any atom is -0.375 e. The van der Waals surface area contributed by atoms with Crippen molar-refractivity contribution in [2.24, 2.45) is 0 Å². The summed E-state index contributed by atoms with van der Waals surface area (Å²) in [6, 6.07) is 6.54. The molecule has 0 aromatic heterocycles. The first-order chi connectivity index (χ1) is 12.1.